The Balaban J connectivity index is 1.32. The molecule has 3 heterocycles. The predicted molar refractivity (Wildman–Crippen MR) is 130 cm³/mol. The number of hydrogen-bond donors (Lipinski definition) is 1. The van der Waals surface area contributed by atoms with E-state index in [0.717, 1.165) is 16.1 Å². The van der Waals surface area contributed by atoms with Gasteiger partial charge >= 0.3 is 0 Å². The van der Waals surface area contributed by atoms with Crippen LogP contribution in [0.25, 0.3) is 0 Å². The first-order valence-electron chi connectivity index (χ1n) is 10.3. The Morgan fingerprint density at radius 1 is 1.12 bits per heavy atom. The second kappa shape index (κ2) is 8.99. The lowest BCUT2D eigenvalue weighted by molar-refractivity contribution is 0.102. The van der Waals surface area contributed by atoms with Crippen molar-refractivity contribution in [1.29, 1.82) is 0 Å². The van der Waals surface area contributed by atoms with E-state index in [2.05, 4.69) is 14.7 Å². The number of nitrogens with one attached hydrogen (secondary N) is 1. The molecule has 3 aromatic rings. The molecule has 1 aromatic heterocycles. The number of thioether (sulfide) groups is 1. The van der Waals surface area contributed by atoms with Crippen LogP contribution in [0.1, 0.15) is 15.9 Å². The SMILES string of the molecule is COc1ccc(NC(=O)c2ccc3c(c2)SC2=NS(=O)(=O)CCN23)cc1OCc1ccncc1. The minimum Gasteiger partial charge on any atom is -0.493 e. The third-order valence-electron chi connectivity index (χ3n) is 5.30. The average Bonchev–Trinajstić information content (AvgIpc) is 3.19. The fourth-order valence-corrected chi connectivity index (χ4v) is 5.88. The Morgan fingerprint density at radius 3 is 2.74 bits per heavy atom. The van der Waals surface area contributed by atoms with Gasteiger partial charge in [0.1, 0.15) is 6.61 Å². The monoisotopic (exact) mass is 496 g/mol. The van der Waals surface area contributed by atoms with E-state index in [4.69, 9.17) is 9.47 Å². The highest BCUT2D eigenvalue weighted by atomic mass is 32.2. The van der Waals surface area contributed by atoms with Gasteiger partial charge in [0.15, 0.2) is 16.7 Å². The number of carbonyl (C=O) groups is 1. The van der Waals surface area contributed by atoms with Crippen LogP contribution in [-0.2, 0) is 16.6 Å². The Kier molecular flexibility index (Phi) is 5.88. The van der Waals surface area contributed by atoms with Gasteiger partial charge in [-0.25, -0.2) is 8.42 Å². The van der Waals surface area contributed by atoms with Crippen molar-refractivity contribution in [3.63, 3.8) is 0 Å². The molecule has 174 valence electrons. The molecule has 0 saturated heterocycles. The number of amides is 1. The molecule has 0 atom stereocenters. The summed E-state index contributed by atoms with van der Waals surface area (Å²) in [6, 6.07) is 14.2. The largest absolute Gasteiger partial charge is 0.493 e. The third-order valence-corrected chi connectivity index (χ3v) is 7.61. The zero-order valence-electron chi connectivity index (χ0n) is 18.1. The highest BCUT2D eigenvalue weighted by Crippen LogP contribution is 2.42. The zero-order chi connectivity index (χ0) is 23.7. The first-order valence-corrected chi connectivity index (χ1v) is 12.8. The van der Waals surface area contributed by atoms with Gasteiger partial charge in [-0.3, -0.25) is 9.78 Å². The van der Waals surface area contributed by atoms with E-state index in [1.165, 1.54) is 11.8 Å². The lowest BCUT2D eigenvalue weighted by atomic mass is 10.1. The number of pyridine rings is 1. The second-order valence-electron chi connectivity index (χ2n) is 7.56. The van der Waals surface area contributed by atoms with Crippen LogP contribution in [0.4, 0.5) is 11.4 Å². The number of hydrogen-bond acceptors (Lipinski definition) is 8. The first kappa shape index (κ1) is 22.2. The number of nitrogens with zero attached hydrogens (tertiary/aromatic N) is 3. The van der Waals surface area contributed by atoms with Gasteiger partial charge in [-0.1, -0.05) is 0 Å². The van der Waals surface area contributed by atoms with Crippen molar-refractivity contribution in [3.8, 4) is 11.5 Å². The Hall–Kier alpha value is -3.57. The first-order chi connectivity index (χ1) is 16.4. The number of rotatable bonds is 6. The van der Waals surface area contributed by atoms with Crippen molar-refractivity contribution in [2.75, 3.05) is 29.6 Å². The van der Waals surface area contributed by atoms with Crippen LogP contribution in [-0.4, -0.2) is 43.9 Å². The highest BCUT2D eigenvalue weighted by molar-refractivity contribution is 8.15. The summed E-state index contributed by atoms with van der Waals surface area (Å²) in [4.78, 5) is 19.6. The molecule has 9 nitrogen and oxygen atoms in total. The summed E-state index contributed by atoms with van der Waals surface area (Å²) in [5.74, 6) is 0.723. The minimum absolute atomic E-state index is 0.0260. The van der Waals surface area contributed by atoms with Gasteiger partial charge in [0.2, 0.25) is 0 Å². The molecule has 2 aliphatic heterocycles. The fraction of sp³-hybridized carbons (Fsp3) is 0.174. The standard InChI is InChI=1S/C23H20N4O5S2/c1-31-19-5-3-17(13-20(19)32-14-15-6-8-24-9-7-15)25-22(28)16-2-4-18-21(12-16)33-23-26-34(29,30)11-10-27(18)23/h2-9,12-13H,10-11,14H2,1H3,(H,25,28). The molecular weight excluding hydrogens is 476 g/mol. The van der Waals surface area contributed by atoms with Gasteiger partial charge < -0.3 is 19.7 Å². The lowest BCUT2D eigenvalue weighted by Gasteiger charge is -2.22. The predicted octanol–water partition coefficient (Wildman–Crippen LogP) is 3.53. The lowest BCUT2D eigenvalue weighted by Crippen LogP contribution is -2.35. The molecule has 1 amide bonds. The Morgan fingerprint density at radius 2 is 1.94 bits per heavy atom. The van der Waals surface area contributed by atoms with E-state index in [1.54, 1.807) is 49.8 Å². The number of anilines is 2. The summed E-state index contributed by atoms with van der Waals surface area (Å²) >= 11 is 1.25. The van der Waals surface area contributed by atoms with Gasteiger partial charge in [-0.05, 0) is 59.8 Å². The third kappa shape index (κ3) is 4.57. The molecule has 0 fully saturated rings. The summed E-state index contributed by atoms with van der Waals surface area (Å²) in [6.45, 7) is 0.676. The van der Waals surface area contributed by atoms with Crippen LogP contribution >= 0.6 is 11.8 Å². The molecule has 0 radical (unpaired) electrons. The van der Waals surface area contributed by atoms with Gasteiger partial charge in [0, 0.05) is 41.2 Å². The molecule has 0 aliphatic carbocycles. The molecular formula is C23H20N4O5S2. The van der Waals surface area contributed by atoms with Crippen LogP contribution in [0, 0.1) is 0 Å². The maximum atomic E-state index is 12.9. The maximum absolute atomic E-state index is 12.9. The van der Waals surface area contributed by atoms with E-state index < -0.39 is 10.0 Å². The van der Waals surface area contributed by atoms with Crippen LogP contribution in [0.3, 0.4) is 0 Å². The van der Waals surface area contributed by atoms with Crippen LogP contribution in [0.15, 0.2) is 70.2 Å². The topological polar surface area (TPSA) is 110 Å². The van der Waals surface area contributed by atoms with Crippen LogP contribution in [0.5, 0.6) is 11.5 Å². The number of fused-ring (bicyclic) bond motifs is 3. The Bertz CT molecular complexity index is 1390. The number of benzene rings is 2. The minimum atomic E-state index is -3.43. The van der Waals surface area contributed by atoms with Crippen molar-refractivity contribution < 1.29 is 22.7 Å². The summed E-state index contributed by atoms with van der Waals surface area (Å²) < 4.78 is 38.7. The fourth-order valence-electron chi connectivity index (χ4n) is 3.58. The molecule has 1 N–H and O–H groups in total. The molecule has 0 unspecified atom stereocenters. The quantitative estimate of drug-likeness (QED) is 0.552. The van der Waals surface area contributed by atoms with Crippen LogP contribution in [0.2, 0.25) is 0 Å². The van der Waals surface area contributed by atoms with E-state index >= 15 is 0 Å². The summed E-state index contributed by atoms with van der Waals surface area (Å²) in [6.07, 6.45) is 3.39. The van der Waals surface area contributed by atoms with E-state index in [0.29, 0.717) is 41.1 Å². The number of sulfonamides is 1. The van der Waals surface area contributed by atoms with Crippen LogP contribution < -0.4 is 19.7 Å². The average molecular weight is 497 g/mol. The molecule has 0 bridgehead atoms. The van der Waals surface area contributed by atoms with Gasteiger partial charge in [-0.2, -0.15) is 0 Å². The number of aromatic nitrogens is 1. The highest BCUT2D eigenvalue weighted by Gasteiger charge is 2.33. The van der Waals surface area contributed by atoms with Crippen molar-refractivity contribution in [2.45, 2.75) is 11.5 Å². The molecule has 2 aromatic carbocycles. The summed E-state index contributed by atoms with van der Waals surface area (Å²) in [5.41, 5.74) is 2.81. The van der Waals surface area contributed by atoms with E-state index in [-0.39, 0.29) is 11.7 Å². The summed E-state index contributed by atoms with van der Waals surface area (Å²) in [5, 5.41) is 3.30. The maximum Gasteiger partial charge on any atom is 0.257 e. The number of ether oxygens (including phenoxy) is 2. The molecule has 0 saturated carbocycles. The normalized spacial score (nSPS) is 15.7. The van der Waals surface area contributed by atoms with Gasteiger partial charge in [-0.15, -0.1) is 4.40 Å². The second-order valence-corrected chi connectivity index (χ2v) is 10.3. The van der Waals surface area contributed by atoms with Gasteiger partial charge in [0.05, 0.1) is 18.6 Å². The Labute approximate surface area is 200 Å². The molecule has 0 spiro atoms. The number of amidine groups is 1. The molecule has 5 rings (SSSR count). The number of methoxy groups -OCH3 is 1. The van der Waals surface area contributed by atoms with Gasteiger partial charge in [0.25, 0.3) is 15.9 Å². The smallest absolute Gasteiger partial charge is 0.257 e. The van der Waals surface area contributed by atoms with E-state index in [1.807, 2.05) is 23.1 Å². The van der Waals surface area contributed by atoms with Crippen molar-refractivity contribution >= 4 is 44.2 Å². The van der Waals surface area contributed by atoms with Crippen molar-refractivity contribution in [3.05, 3.63) is 72.1 Å². The summed E-state index contributed by atoms with van der Waals surface area (Å²) in [7, 11) is -1.88. The number of carbonyl (C=O) groups excluding carboxylic acids is 1. The molecule has 11 heteroatoms. The van der Waals surface area contributed by atoms with E-state index in [9.17, 15) is 13.2 Å². The molecule has 34 heavy (non-hydrogen) atoms. The van der Waals surface area contributed by atoms with Crippen molar-refractivity contribution in [2.24, 2.45) is 4.40 Å². The molecule has 2 aliphatic rings. The van der Waals surface area contributed by atoms with Crippen molar-refractivity contribution in [1.82, 2.24) is 4.98 Å². The zero-order valence-corrected chi connectivity index (χ0v) is 19.7.